The first-order chi connectivity index (χ1) is 13.0. The van der Waals surface area contributed by atoms with Crippen LogP contribution in [-0.2, 0) is 14.3 Å². The second-order valence-corrected chi connectivity index (χ2v) is 7.11. The number of carbonyl (C=O) groups is 3. The van der Waals surface area contributed by atoms with Gasteiger partial charge in [0.2, 0.25) is 5.91 Å². The first-order valence-corrected chi connectivity index (χ1v) is 9.52. The maximum absolute atomic E-state index is 12.9. The van der Waals surface area contributed by atoms with Crippen molar-refractivity contribution in [2.45, 2.75) is 30.3 Å². The van der Waals surface area contributed by atoms with Crippen molar-refractivity contribution in [2.75, 3.05) is 11.1 Å². The van der Waals surface area contributed by atoms with Gasteiger partial charge in [0.05, 0.1) is 11.3 Å². The van der Waals surface area contributed by atoms with Crippen molar-refractivity contribution in [3.05, 3.63) is 59.9 Å². The third-order valence-corrected chi connectivity index (χ3v) is 5.17. The highest BCUT2D eigenvalue weighted by molar-refractivity contribution is 8.00. The molecule has 1 amide bonds. The molecule has 1 N–H and O–H groups in total. The van der Waals surface area contributed by atoms with E-state index in [1.165, 1.54) is 36.0 Å². The minimum Gasteiger partial charge on any atom is -0.451 e. The highest BCUT2D eigenvalue weighted by atomic mass is 32.2. The first-order valence-electron chi connectivity index (χ1n) is 8.54. The van der Waals surface area contributed by atoms with Crippen LogP contribution in [0, 0.1) is 5.82 Å². The molecule has 27 heavy (non-hydrogen) atoms. The predicted molar refractivity (Wildman–Crippen MR) is 100 cm³/mol. The number of hydrogen-bond acceptors (Lipinski definition) is 5. The minimum atomic E-state index is -0.669. The molecule has 0 aromatic heterocycles. The number of rotatable bonds is 6. The van der Waals surface area contributed by atoms with Crippen LogP contribution in [0.1, 0.15) is 29.6 Å². The summed E-state index contributed by atoms with van der Waals surface area (Å²) in [5.74, 6) is -1.19. The van der Waals surface area contributed by atoms with Gasteiger partial charge >= 0.3 is 5.97 Å². The Hall–Kier alpha value is -2.67. The number of hydrogen-bond donors (Lipinski definition) is 1. The van der Waals surface area contributed by atoms with E-state index in [1.54, 1.807) is 24.3 Å². The normalized spacial score (nSPS) is 16.2. The Bertz CT molecular complexity index is 853. The molecule has 0 aliphatic heterocycles. The molecule has 1 atom stereocenters. The van der Waals surface area contributed by atoms with Crippen molar-refractivity contribution < 1.29 is 23.5 Å². The Morgan fingerprint density at radius 2 is 1.89 bits per heavy atom. The van der Waals surface area contributed by atoms with E-state index in [1.807, 2.05) is 0 Å². The van der Waals surface area contributed by atoms with E-state index < -0.39 is 12.1 Å². The highest BCUT2D eigenvalue weighted by Gasteiger charge is 2.29. The second-order valence-electron chi connectivity index (χ2n) is 6.09. The molecule has 1 aliphatic carbocycles. The molecule has 5 nitrogen and oxygen atoms in total. The van der Waals surface area contributed by atoms with E-state index in [2.05, 4.69) is 5.32 Å². The topological polar surface area (TPSA) is 72.5 Å². The van der Waals surface area contributed by atoms with Gasteiger partial charge in [-0.25, -0.2) is 9.18 Å². The standard InChI is InChI=1S/C20H18FNO4S/c21-13-8-10-14(11-9-13)22-19(24)12-27-18-7-2-1-4-15(18)20(25)26-17-6-3-5-16(17)23/h1-2,4,7-11,17H,3,5-6,12H2,(H,22,24)/t17-/m1/s1. The van der Waals surface area contributed by atoms with Crippen molar-refractivity contribution in [3.8, 4) is 0 Å². The quantitative estimate of drug-likeness (QED) is 0.602. The Morgan fingerprint density at radius 3 is 2.59 bits per heavy atom. The Morgan fingerprint density at radius 1 is 1.15 bits per heavy atom. The lowest BCUT2D eigenvalue weighted by molar-refractivity contribution is -0.124. The Kier molecular flexibility index (Phi) is 6.24. The van der Waals surface area contributed by atoms with Crippen LogP contribution in [0.15, 0.2) is 53.4 Å². The number of thioether (sulfide) groups is 1. The van der Waals surface area contributed by atoms with Gasteiger partial charge in [-0.1, -0.05) is 12.1 Å². The average Bonchev–Trinajstić information content (AvgIpc) is 3.07. The summed E-state index contributed by atoms with van der Waals surface area (Å²) in [6.45, 7) is 0. The lowest BCUT2D eigenvalue weighted by atomic mass is 10.2. The molecule has 7 heteroatoms. The molecule has 0 unspecified atom stereocenters. The third kappa shape index (κ3) is 5.17. The van der Waals surface area contributed by atoms with Crippen molar-refractivity contribution in [1.29, 1.82) is 0 Å². The lowest BCUT2D eigenvalue weighted by Crippen LogP contribution is -2.22. The van der Waals surface area contributed by atoms with Crippen LogP contribution in [0.25, 0.3) is 0 Å². The minimum absolute atomic E-state index is 0.0489. The summed E-state index contributed by atoms with van der Waals surface area (Å²) in [7, 11) is 0. The summed E-state index contributed by atoms with van der Waals surface area (Å²) in [5.41, 5.74) is 0.825. The lowest BCUT2D eigenvalue weighted by Gasteiger charge is -2.13. The molecule has 2 aromatic rings. The summed E-state index contributed by atoms with van der Waals surface area (Å²) in [6, 6.07) is 12.3. The van der Waals surface area contributed by atoms with Gasteiger partial charge in [-0.3, -0.25) is 9.59 Å². The molecule has 1 aliphatic rings. The summed E-state index contributed by atoms with van der Waals surface area (Å²) < 4.78 is 18.2. The van der Waals surface area contributed by atoms with Crippen LogP contribution in [0.4, 0.5) is 10.1 Å². The Balaban J connectivity index is 1.60. The van der Waals surface area contributed by atoms with Crippen molar-refractivity contribution in [1.82, 2.24) is 0 Å². The monoisotopic (exact) mass is 387 g/mol. The zero-order valence-corrected chi connectivity index (χ0v) is 15.3. The number of Topliss-reactive ketones (excluding diaryl/α,β-unsaturated/α-hetero) is 1. The number of benzene rings is 2. The highest BCUT2D eigenvalue weighted by Crippen LogP contribution is 2.26. The van der Waals surface area contributed by atoms with Gasteiger partial charge in [0.15, 0.2) is 11.9 Å². The van der Waals surface area contributed by atoms with E-state index in [0.717, 1.165) is 6.42 Å². The van der Waals surface area contributed by atoms with E-state index >= 15 is 0 Å². The fourth-order valence-corrected chi connectivity index (χ4v) is 3.58. The van der Waals surface area contributed by atoms with Gasteiger partial charge < -0.3 is 10.1 Å². The van der Waals surface area contributed by atoms with E-state index in [4.69, 9.17) is 4.74 Å². The molecular weight excluding hydrogens is 369 g/mol. The second kappa shape index (κ2) is 8.81. The zero-order chi connectivity index (χ0) is 19.2. The summed E-state index contributed by atoms with van der Waals surface area (Å²) >= 11 is 1.19. The maximum Gasteiger partial charge on any atom is 0.339 e. The molecule has 0 heterocycles. The van der Waals surface area contributed by atoms with Crippen molar-refractivity contribution in [3.63, 3.8) is 0 Å². The number of carbonyl (C=O) groups excluding carboxylic acids is 3. The molecule has 1 saturated carbocycles. The molecular formula is C20H18FNO4S. The van der Waals surface area contributed by atoms with Crippen LogP contribution >= 0.6 is 11.8 Å². The Labute approximate surface area is 160 Å². The molecule has 2 aromatic carbocycles. The molecule has 0 radical (unpaired) electrons. The van der Waals surface area contributed by atoms with Gasteiger partial charge in [-0.05, 0) is 49.2 Å². The summed E-state index contributed by atoms with van der Waals surface area (Å²) in [6.07, 6.45) is 1.06. The van der Waals surface area contributed by atoms with Crippen LogP contribution < -0.4 is 5.32 Å². The number of ether oxygens (including phenoxy) is 1. The number of ketones is 1. The van der Waals surface area contributed by atoms with Gasteiger partial charge in [0, 0.05) is 17.0 Å². The van der Waals surface area contributed by atoms with Crippen molar-refractivity contribution >= 4 is 35.1 Å². The SMILES string of the molecule is O=C(CSc1ccccc1C(=O)O[C@@H]1CCCC1=O)Nc1ccc(F)cc1. The number of nitrogens with one attached hydrogen (secondary N) is 1. The van der Waals surface area contributed by atoms with Gasteiger partial charge in [-0.15, -0.1) is 11.8 Å². The molecule has 3 rings (SSSR count). The molecule has 1 fully saturated rings. The number of halogens is 1. The summed E-state index contributed by atoms with van der Waals surface area (Å²) in [4.78, 5) is 36.8. The molecule has 140 valence electrons. The number of esters is 1. The van der Waals surface area contributed by atoms with E-state index in [-0.39, 0.29) is 23.3 Å². The third-order valence-electron chi connectivity index (χ3n) is 4.09. The van der Waals surface area contributed by atoms with Crippen LogP contribution in [0.2, 0.25) is 0 Å². The largest absolute Gasteiger partial charge is 0.451 e. The number of anilines is 1. The fraction of sp³-hybridized carbons (Fsp3) is 0.250. The molecule has 0 bridgehead atoms. The predicted octanol–water partition coefficient (Wildman–Crippen LogP) is 3.83. The molecule has 0 saturated heterocycles. The van der Waals surface area contributed by atoms with Crippen LogP contribution in [0.3, 0.4) is 0 Å². The van der Waals surface area contributed by atoms with E-state index in [0.29, 0.717) is 29.0 Å². The molecule has 0 spiro atoms. The average molecular weight is 387 g/mol. The van der Waals surface area contributed by atoms with Gasteiger partial charge in [0.25, 0.3) is 0 Å². The zero-order valence-electron chi connectivity index (χ0n) is 14.4. The number of amides is 1. The van der Waals surface area contributed by atoms with Crippen molar-refractivity contribution in [2.24, 2.45) is 0 Å². The van der Waals surface area contributed by atoms with Gasteiger partial charge in [-0.2, -0.15) is 0 Å². The first kappa shape index (κ1) is 19.1. The van der Waals surface area contributed by atoms with Gasteiger partial charge in [0.1, 0.15) is 5.82 Å². The fourth-order valence-electron chi connectivity index (χ4n) is 2.74. The van der Waals surface area contributed by atoms with Crippen LogP contribution in [0.5, 0.6) is 0 Å². The van der Waals surface area contributed by atoms with Crippen LogP contribution in [-0.4, -0.2) is 29.5 Å². The summed E-state index contributed by atoms with van der Waals surface area (Å²) in [5, 5.41) is 2.67. The smallest absolute Gasteiger partial charge is 0.339 e. The maximum atomic E-state index is 12.9. The van der Waals surface area contributed by atoms with E-state index in [9.17, 15) is 18.8 Å².